The third-order valence-electron chi connectivity index (χ3n) is 4.65. The van der Waals surface area contributed by atoms with E-state index in [4.69, 9.17) is 26.1 Å². The Kier molecular flexibility index (Phi) is 3.99. The second kappa shape index (κ2) is 6.13. The number of rotatable bonds is 5. The Balaban J connectivity index is 1.49. The molecule has 2 saturated heterocycles. The second-order valence-corrected chi connectivity index (χ2v) is 6.60. The molecule has 0 spiro atoms. The van der Waals surface area contributed by atoms with E-state index in [9.17, 15) is 0 Å². The number of hydrogen-bond acceptors (Lipinski definition) is 4. The van der Waals surface area contributed by atoms with Crippen LogP contribution in [0.3, 0.4) is 0 Å². The first-order valence-electron chi connectivity index (χ1n) is 8.20. The van der Waals surface area contributed by atoms with E-state index in [0.29, 0.717) is 35.6 Å². The minimum absolute atomic E-state index is 0.316. The molecule has 2 fully saturated rings. The lowest BCUT2D eigenvalue weighted by Crippen LogP contribution is -2.19. The molecule has 0 unspecified atom stereocenters. The van der Waals surface area contributed by atoms with Gasteiger partial charge in [-0.3, -0.25) is 0 Å². The van der Waals surface area contributed by atoms with Gasteiger partial charge in [0.1, 0.15) is 18.2 Å². The van der Waals surface area contributed by atoms with Crippen molar-refractivity contribution in [2.45, 2.75) is 57.5 Å². The van der Waals surface area contributed by atoms with E-state index >= 15 is 0 Å². The Morgan fingerprint density at radius 3 is 3.00 bits per heavy atom. The molecular formula is C17H20ClN3O2. The SMILES string of the molecule is CCn1nc(COc2cccc(Cl)c2)nc1[C@H]1C[C@@H]2CC[C@H]1O2. The van der Waals surface area contributed by atoms with Crippen molar-refractivity contribution in [1.29, 1.82) is 0 Å². The third-order valence-corrected chi connectivity index (χ3v) is 4.88. The van der Waals surface area contributed by atoms with E-state index in [1.165, 1.54) is 6.42 Å². The Hall–Kier alpha value is -1.59. The summed E-state index contributed by atoms with van der Waals surface area (Å²) in [5.74, 6) is 2.87. The summed E-state index contributed by atoms with van der Waals surface area (Å²) in [7, 11) is 0. The molecule has 5 nitrogen and oxygen atoms in total. The molecule has 2 aliphatic rings. The standard InChI is InChI=1S/C17H20ClN3O2/c1-2-21-17(14-9-13-6-7-15(14)23-13)19-16(20-21)10-22-12-5-3-4-11(18)8-12/h3-5,8,13-15H,2,6-7,9-10H2,1H3/t13-,14-,15+/m0/s1. The molecule has 0 amide bonds. The first-order chi connectivity index (χ1) is 11.2. The van der Waals surface area contributed by atoms with Crippen molar-refractivity contribution < 1.29 is 9.47 Å². The molecular weight excluding hydrogens is 314 g/mol. The van der Waals surface area contributed by atoms with Crippen LogP contribution in [0.1, 0.15) is 43.8 Å². The fourth-order valence-electron chi connectivity index (χ4n) is 3.59. The molecule has 2 aromatic rings. The van der Waals surface area contributed by atoms with Crippen molar-refractivity contribution in [2.75, 3.05) is 0 Å². The summed E-state index contributed by atoms with van der Waals surface area (Å²) in [5.41, 5.74) is 0. The minimum atomic E-state index is 0.316. The maximum atomic E-state index is 5.97. The van der Waals surface area contributed by atoms with Gasteiger partial charge in [0.15, 0.2) is 5.82 Å². The highest BCUT2D eigenvalue weighted by atomic mass is 35.5. The zero-order valence-corrected chi connectivity index (χ0v) is 13.9. The van der Waals surface area contributed by atoms with Crippen LogP contribution in [0.2, 0.25) is 5.02 Å². The van der Waals surface area contributed by atoms with E-state index in [2.05, 4.69) is 12.0 Å². The van der Waals surface area contributed by atoms with Crippen LogP contribution in [0.25, 0.3) is 0 Å². The molecule has 6 heteroatoms. The van der Waals surface area contributed by atoms with Gasteiger partial charge in [-0.15, -0.1) is 0 Å². The summed E-state index contributed by atoms with van der Waals surface area (Å²) in [4.78, 5) is 4.73. The fraction of sp³-hybridized carbons (Fsp3) is 0.529. The lowest BCUT2D eigenvalue weighted by atomic mass is 9.88. The zero-order valence-electron chi connectivity index (χ0n) is 13.1. The summed E-state index contributed by atoms with van der Waals surface area (Å²) in [6, 6.07) is 7.37. The van der Waals surface area contributed by atoms with Crippen molar-refractivity contribution in [3.63, 3.8) is 0 Å². The molecule has 3 heterocycles. The van der Waals surface area contributed by atoms with Gasteiger partial charge in [-0.2, -0.15) is 5.10 Å². The summed E-state index contributed by atoms with van der Waals surface area (Å²) >= 11 is 5.97. The summed E-state index contributed by atoms with van der Waals surface area (Å²) in [5, 5.41) is 5.25. The molecule has 1 aromatic carbocycles. The maximum absolute atomic E-state index is 5.97. The van der Waals surface area contributed by atoms with Crippen molar-refractivity contribution in [3.05, 3.63) is 40.9 Å². The molecule has 2 aliphatic heterocycles. The third kappa shape index (κ3) is 2.95. The number of halogens is 1. The van der Waals surface area contributed by atoms with Crippen molar-refractivity contribution in [1.82, 2.24) is 14.8 Å². The highest BCUT2D eigenvalue weighted by Crippen LogP contribution is 2.43. The topological polar surface area (TPSA) is 49.2 Å². The lowest BCUT2D eigenvalue weighted by Gasteiger charge is -2.17. The summed E-state index contributed by atoms with van der Waals surface area (Å²) in [6.45, 7) is 3.25. The number of fused-ring (bicyclic) bond motifs is 2. The molecule has 3 atom stereocenters. The van der Waals surface area contributed by atoms with Gasteiger partial charge in [0.2, 0.25) is 0 Å². The summed E-state index contributed by atoms with van der Waals surface area (Å²) < 4.78 is 13.7. The highest BCUT2D eigenvalue weighted by molar-refractivity contribution is 6.30. The molecule has 122 valence electrons. The smallest absolute Gasteiger partial charge is 0.188 e. The average molecular weight is 334 g/mol. The van der Waals surface area contributed by atoms with Crippen LogP contribution < -0.4 is 4.74 Å². The number of benzene rings is 1. The number of hydrogen-bond donors (Lipinski definition) is 0. The van der Waals surface area contributed by atoms with Crippen molar-refractivity contribution >= 4 is 11.6 Å². The van der Waals surface area contributed by atoms with E-state index in [1.807, 2.05) is 22.9 Å². The monoisotopic (exact) mass is 333 g/mol. The Labute approximate surface area is 140 Å². The molecule has 23 heavy (non-hydrogen) atoms. The molecule has 0 saturated carbocycles. The van der Waals surface area contributed by atoms with Gasteiger partial charge in [-0.25, -0.2) is 9.67 Å². The first-order valence-corrected chi connectivity index (χ1v) is 8.58. The van der Waals surface area contributed by atoms with Crippen LogP contribution >= 0.6 is 11.6 Å². The van der Waals surface area contributed by atoms with Crippen LogP contribution in [-0.4, -0.2) is 27.0 Å². The van der Waals surface area contributed by atoms with E-state index < -0.39 is 0 Å². The van der Waals surface area contributed by atoms with Gasteiger partial charge in [0.05, 0.1) is 12.2 Å². The Bertz CT molecular complexity index is 703. The van der Waals surface area contributed by atoms with Gasteiger partial charge in [-0.05, 0) is 44.4 Å². The minimum Gasteiger partial charge on any atom is -0.485 e. The van der Waals surface area contributed by atoms with E-state index in [0.717, 1.165) is 31.0 Å². The number of aromatic nitrogens is 3. The largest absolute Gasteiger partial charge is 0.485 e. The van der Waals surface area contributed by atoms with Crippen LogP contribution in [0.4, 0.5) is 0 Å². The highest BCUT2D eigenvalue weighted by Gasteiger charge is 2.43. The molecule has 0 N–H and O–H groups in total. The van der Waals surface area contributed by atoms with Crippen molar-refractivity contribution in [2.24, 2.45) is 0 Å². The van der Waals surface area contributed by atoms with Gasteiger partial charge in [-0.1, -0.05) is 17.7 Å². The summed E-state index contributed by atoms with van der Waals surface area (Å²) in [6.07, 6.45) is 4.12. The van der Waals surface area contributed by atoms with Gasteiger partial charge < -0.3 is 9.47 Å². The molecule has 0 radical (unpaired) electrons. The van der Waals surface area contributed by atoms with Gasteiger partial charge in [0.25, 0.3) is 0 Å². The lowest BCUT2D eigenvalue weighted by molar-refractivity contribution is 0.0994. The van der Waals surface area contributed by atoms with E-state index in [-0.39, 0.29) is 0 Å². The predicted octanol–water partition coefficient (Wildman–Crippen LogP) is 3.57. The molecule has 1 aromatic heterocycles. The predicted molar refractivity (Wildman–Crippen MR) is 86.7 cm³/mol. The van der Waals surface area contributed by atoms with Crippen LogP contribution in [0.5, 0.6) is 5.75 Å². The van der Waals surface area contributed by atoms with E-state index in [1.54, 1.807) is 6.07 Å². The quantitative estimate of drug-likeness (QED) is 0.839. The Morgan fingerprint density at radius 2 is 2.30 bits per heavy atom. The van der Waals surface area contributed by atoms with Crippen LogP contribution in [-0.2, 0) is 17.9 Å². The number of ether oxygens (including phenoxy) is 2. The van der Waals surface area contributed by atoms with Crippen LogP contribution in [0.15, 0.2) is 24.3 Å². The molecule has 0 aliphatic carbocycles. The fourth-order valence-corrected chi connectivity index (χ4v) is 3.77. The normalized spacial score (nSPS) is 25.9. The molecule has 4 rings (SSSR count). The molecule has 2 bridgehead atoms. The van der Waals surface area contributed by atoms with Crippen LogP contribution in [0, 0.1) is 0 Å². The van der Waals surface area contributed by atoms with Gasteiger partial charge in [0, 0.05) is 17.5 Å². The van der Waals surface area contributed by atoms with Crippen molar-refractivity contribution in [3.8, 4) is 5.75 Å². The Morgan fingerprint density at radius 1 is 1.39 bits per heavy atom. The average Bonchev–Trinajstić information content (AvgIpc) is 3.27. The first kappa shape index (κ1) is 15.0. The zero-order chi connectivity index (χ0) is 15.8. The maximum Gasteiger partial charge on any atom is 0.188 e. The number of nitrogens with zero attached hydrogens (tertiary/aromatic N) is 3. The second-order valence-electron chi connectivity index (χ2n) is 6.16. The van der Waals surface area contributed by atoms with Gasteiger partial charge >= 0.3 is 0 Å². The number of aryl methyl sites for hydroxylation is 1.